The van der Waals surface area contributed by atoms with E-state index in [4.69, 9.17) is 9.98 Å². The number of nitrogens with zero attached hydrogens (tertiary/aromatic N) is 2. The maximum atomic E-state index is 4.86. The van der Waals surface area contributed by atoms with E-state index in [0.29, 0.717) is 0 Å². The average Bonchev–Trinajstić information content (AvgIpc) is 3.87. The summed E-state index contributed by atoms with van der Waals surface area (Å²) in [7, 11) is 0. The van der Waals surface area contributed by atoms with Crippen molar-refractivity contribution in [1.29, 1.82) is 0 Å². The molecular weight excluding hydrogens is 589 g/mol. The average molecular weight is 613 g/mol. The SMILES string of the molecule is C(=Nc1ccccc1)c1cc(C=Nc2ccccc2)c(-c2ccc(-c3cccs3)s2)cc1-c1ccc(-c2cccs2)s1. The first kappa shape index (κ1) is 26.7. The molecule has 42 heavy (non-hydrogen) atoms. The van der Waals surface area contributed by atoms with Gasteiger partial charge in [0.1, 0.15) is 0 Å². The molecule has 0 amide bonds. The van der Waals surface area contributed by atoms with Crippen molar-refractivity contribution in [3.63, 3.8) is 0 Å². The Kier molecular flexibility index (Phi) is 7.85. The van der Waals surface area contributed by atoms with Gasteiger partial charge in [-0.15, -0.1) is 45.3 Å². The summed E-state index contributed by atoms with van der Waals surface area (Å²) in [5, 5.41) is 4.27. The van der Waals surface area contributed by atoms with Gasteiger partial charge in [-0.05, 0) is 83.6 Å². The van der Waals surface area contributed by atoms with Crippen LogP contribution in [0.3, 0.4) is 0 Å². The second-order valence-electron chi connectivity index (χ2n) is 9.50. The van der Waals surface area contributed by atoms with Crippen molar-refractivity contribution < 1.29 is 0 Å². The van der Waals surface area contributed by atoms with E-state index in [1.165, 1.54) is 40.4 Å². The third kappa shape index (κ3) is 5.89. The van der Waals surface area contributed by atoms with Gasteiger partial charge in [-0.2, -0.15) is 0 Å². The minimum absolute atomic E-state index is 0.927. The van der Waals surface area contributed by atoms with E-state index in [9.17, 15) is 0 Å². The normalized spacial score (nSPS) is 11.6. The van der Waals surface area contributed by atoms with Crippen molar-refractivity contribution in [2.24, 2.45) is 9.98 Å². The van der Waals surface area contributed by atoms with Gasteiger partial charge in [-0.1, -0.05) is 48.5 Å². The molecule has 0 saturated carbocycles. The molecule has 0 radical (unpaired) electrons. The summed E-state index contributed by atoms with van der Waals surface area (Å²) in [5.74, 6) is 0. The smallest absolute Gasteiger partial charge is 0.0629 e. The molecule has 0 saturated heterocycles. The van der Waals surface area contributed by atoms with Crippen LogP contribution in [0.25, 0.3) is 40.4 Å². The topological polar surface area (TPSA) is 24.7 Å². The number of para-hydroxylation sites is 2. The Morgan fingerprint density at radius 3 is 1.29 bits per heavy atom. The zero-order valence-corrected chi connectivity index (χ0v) is 25.6. The molecule has 202 valence electrons. The minimum atomic E-state index is 0.927. The first-order valence-electron chi connectivity index (χ1n) is 13.4. The molecule has 4 aromatic heterocycles. The highest BCUT2D eigenvalue weighted by Gasteiger charge is 2.16. The van der Waals surface area contributed by atoms with Gasteiger partial charge in [-0.25, -0.2) is 0 Å². The molecule has 0 aliphatic carbocycles. The number of aliphatic imine (C=N–C) groups is 2. The lowest BCUT2D eigenvalue weighted by Crippen LogP contribution is -1.95. The van der Waals surface area contributed by atoms with Gasteiger partial charge in [0.25, 0.3) is 0 Å². The van der Waals surface area contributed by atoms with Gasteiger partial charge in [0, 0.05) is 63.9 Å². The lowest BCUT2D eigenvalue weighted by atomic mass is 9.97. The molecule has 0 bridgehead atoms. The van der Waals surface area contributed by atoms with E-state index in [1.54, 1.807) is 22.7 Å². The molecule has 6 heteroatoms. The quantitative estimate of drug-likeness (QED) is 0.153. The van der Waals surface area contributed by atoms with Crippen LogP contribution in [0.15, 0.2) is 142 Å². The van der Waals surface area contributed by atoms with Gasteiger partial charge in [0.2, 0.25) is 0 Å². The van der Waals surface area contributed by atoms with Crippen LogP contribution < -0.4 is 0 Å². The summed E-state index contributed by atoms with van der Waals surface area (Å²) in [4.78, 5) is 17.3. The number of hydrogen-bond donors (Lipinski definition) is 0. The van der Waals surface area contributed by atoms with Crippen LogP contribution in [0, 0.1) is 0 Å². The van der Waals surface area contributed by atoms with Crippen LogP contribution in [-0.2, 0) is 0 Å². The fourth-order valence-electron chi connectivity index (χ4n) is 4.66. The number of benzene rings is 3. The van der Waals surface area contributed by atoms with Crippen molar-refractivity contribution in [2.45, 2.75) is 0 Å². The maximum absolute atomic E-state index is 4.86. The summed E-state index contributed by atoms with van der Waals surface area (Å²) in [6, 6.07) is 42.3. The minimum Gasteiger partial charge on any atom is -0.256 e. The van der Waals surface area contributed by atoms with Gasteiger partial charge < -0.3 is 0 Å². The predicted octanol–water partition coefficient (Wildman–Crippen LogP) is 12.1. The molecule has 0 atom stereocenters. The summed E-state index contributed by atoms with van der Waals surface area (Å²) in [6.07, 6.45) is 3.98. The molecule has 7 rings (SSSR count). The molecule has 0 unspecified atom stereocenters. The predicted molar refractivity (Wildman–Crippen MR) is 187 cm³/mol. The highest BCUT2D eigenvalue weighted by molar-refractivity contribution is 7.24. The second-order valence-corrected chi connectivity index (χ2v) is 13.6. The monoisotopic (exact) mass is 612 g/mol. The molecule has 0 aliphatic rings. The van der Waals surface area contributed by atoms with E-state index in [-0.39, 0.29) is 0 Å². The Balaban J connectivity index is 1.40. The lowest BCUT2D eigenvalue weighted by molar-refractivity contribution is 1.51. The second kappa shape index (κ2) is 12.3. The Morgan fingerprint density at radius 2 is 0.857 bits per heavy atom. The summed E-state index contributed by atoms with van der Waals surface area (Å²) >= 11 is 7.19. The van der Waals surface area contributed by atoms with Crippen LogP contribution >= 0.6 is 45.3 Å². The molecule has 0 fully saturated rings. The Labute approximate surface area is 261 Å². The zero-order chi connectivity index (χ0) is 28.1. The summed E-state index contributed by atoms with van der Waals surface area (Å²) < 4.78 is 0. The summed E-state index contributed by atoms with van der Waals surface area (Å²) in [6.45, 7) is 0. The van der Waals surface area contributed by atoms with Crippen molar-refractivity contribution in [3.05, 3.63) is 143 Å². The molecule has 0 spiro atoms. The van der Waals surface area contributed by atoms with Gasteiger partial charge in [0.05, 0.1) is 11.4 Å². The molecule has 0 aliphatic heterocycles. The van der Waals surface area contributed by atoms with Crippen LogP contribution in [0.5, 0.6) is 0 Å². The summed E-state index contributed by atoms with van der Waals surface area (Å²) in [5.41, 5.74) is 6.31. The van der Waals surface area contributed by atoms with Crippen LogP contribution in [-0.4, -0.2) is 12.4 Å². The number of hydrogen-bond acceptors (Lipinski definition) is 6. The molecule has 0 N–H and O–H groups in total. The highest BCUT2D eigenvalue weighted by Crippen LogP contribution is 2.42. The molecule has 4 heterocycles. The molecule has 3 aromatic carbocycles. The van der Waals surface area contributed by atoms with Crippen LogP contribution in [0.1, 0.15) is 11.1 Å². The lowest BCUT2D eigenvalue weighted by Gasteiger charge is -2.11. The van der Waals surface area contributed by atoms with Crippen molar-refractivity contribution in [3.8, 4) is 40.4 Å². The van der Waals surface area contributed by atoms with E-state index in [0.717, 1.165) is 22.5 Å². The fourth-order valence-corrected chi connectivity index (χ4v) is 8.42. The standard InChI is InChI=1S/C36H24N2S4/c1-3-9-27(10-4-1)37-23-25-21-26(24-38-28-11-5-2-6-12-28)30(32-16-18-36(42-32)34-14-8-20-40-34)22-29(25)31-15-17-35(41-31)33-13-7-19-39-33/h1-24H. The number of rotatable bonds is 8. The van der Waals surface area contributed by atoms with E-state index in [1.807, 2.05) is 95.8 Å². The van der Waals surface area contributed by atoms with Crippen LogP contribution in [0.2, 0.25) is 0 Å². The third-order valence-corrected chi connectivity index (χ3v) is 11.1. The van der Waals surface area contributed by atoms with Gasteiger partial charge in [-0.3, -0.25) is 9.98 Å². The van der Waals surface area contributed by atoms with Gasteiger partial charge >= 0.3 is 0 Å². The maximum Gasteiger partial charge on any atom is 0.0629 e. The first-order valence-corrected chi connectivity index (χ1v) is 16.8. The Bertz CT molecular complexity index is 1820. The number of thiophene rings is 4. The van der Waals surface area contributed by atoms with Crippen LogP contribution in [0.4, 0.5) is 11.4 Å². The van der Waals surface area contributed by atoms with Crippen molar-refractivity contribution in [1.82, 2.24) is 0 Å². The molecule has 7 aromatic rings. The zero-order valence-electron chi connectivity index (χ0n) is 22.4. The Hall–Kier alpha value is -4.20. The van der Waals surface area contributed by atoms with E-state index >= 15 is 0 Å². The Morgan fingerprint density at radius 1 is 0.405 bits per heavy atom. The van der Waals surface area contributed by atoms with Crippen molar-refractivity contribution >= 4 is 69.2 Å². The largest absolute Gasteiger partial charge is 0.256 e. The third-order valence-electron chi connectivity index (χ3n) is 6.71. The first-order chi connectivity index (χ1) is 20.8. The highest BCUT2D eigenvalue weighted by atomic mass is 32.1. The van der Waals surface area contributed by atoms with Gasteiger partial charge in [0.15, 0.2) is 0 Å². The fraction of sp³-hybridized carbons (Fsp3) is 0. The van der Waals surface area contributed by atoms with Crippen molar-refractivity contribution in [2.75, 3.05) is 0 Å². The molecule has 2 nitrogen and oxygen atoms in total. The molecular formula is C36H24N2S4. The van der Waals surface area contributed by atoms with E-state index < -0.39 is 0 Å². The van der Waals surface area contributed by atoms with E-state index in [2.05, 4.69) is 71.4 Å².